The molecule has 1 aliphatic rings. The van der Waals surface area contributed by atoms with E-state index >= 15 is 0 Å². The lowest BCUT2D eigenvalue weighted by atomic mass is 10.1. The first kappa shape index (κ1) is 14.5. The summed E-state index contributed by atoms with van der Waals surface area (Å²) in [6.45, 7) is 0. The highest BCUT2D eigenvalue weighted by Gasteiger charge is 2.28. The summed E-state index contributed by atoms with van der Waals surface area (Å²) in [6.07, 6.45) is 4.04. The van der Waals surface area contributed by atoms with Gasteiger partial charge in [-0.2, -0.15) is 4.98 Å². The van der Waals surface area contributed by atoms with E-state index < -0.39 is 0 Å². The number of halogens is 2. The fourth-order valence-electron chi connectivity index (χ4n) is 2.16. The van der Waals surface area contributed by atoms with E-state index in [2.05, 4.69) is 10.1 Å². The Hall–Kier alpha value is -1.39. The molecule has 0 spiro atoms. The number of benzene rings is 1. The average molecular weight is 325 g/mol. The number of ketones is 1. The summed E-state index contributed by atoms with van der Waals surface area (Å²) in [6, 6.07) is 5.13. The summed E-state index contributed by atoms with van der Waals surface area (Å²) >= 11 is 12.0. The number of rotatable bonds is 6. The van der Waals surface area contributed by atoms with Crippen LogP contribution in [-0.2, 0) is 11.2 Å². The smallest absolute Gasteiger partial charge is 0.226 e. The molecule has 0 amide bonds. The van der Waals surface area contributed by atoms with E-state index in [0.717, 1.165) is 19.3 Å². The third kappa shape index (κ3) is 3.63. The fraction of sp³-hybridized carbons (Fsp3) is 0.400. The van der Waals surface area contributed by atoms with Crippen molar-refractivity contribution in [3.8, 4) is 11.4 Å². The monoisotopic (exact) mass is 324 g/mol. The molecule has 0 aliphatic heterocycles. The van der Waals surface area contributed by atoms with Crippen LogP contribution in [0.1, 0.15) is 31.6 Å². The molecule has 1 aromatic heterocycles. The number of nitrogens with zero attached hydrogens (tertiary/aromatic N) is 2. The highest BCUT2D eigenvalue weighted by Crippen LogP contribution is 2.31. The minimum atomic E-state index is 0.316. The second kappa shape index (κ2) is 6.16. The van der Waals surface area contributed by atoms with Crippen LogP contribution in [0.15, 0.2) is 22.7 Å². The molecule has 0 atom stereocenters. The molecule has 1 aliphatic carbocycles. The van der Waals surface area contributed by atoms with Crippen molar-refractivity contribution in [1.82, 2.24) is 10.1 Å². The first-order valence-electron chi connectivity index (χ1n) is 6.94. The van der Waals surface area contributed by atoms with Gasteiger partial charge in [0.15, 0.2) is 0 Å². The molecule has 0 radical (unpaired) electrons. The van der Waals surface area contributed by atoms with Gasteiger partial charge in [-0.05, 0) is 37.5 Å². The van der Waals surface area contributed by atoms with Gasteiger partial charge < -0.3 is 4.52 Å². The van der Waals surface area contributed by atoms with Crippen LogP contribution in [0.3, 0.4) is 0 Å². The maximum Gasteiger partial charge on any atom is 0.226 e. The van der Waals surface area contributed by atoms with Crippen molar-refractivity contribution in [1.29, 1.82) is 0 Å². The molecule has 110 valence electrons. The van der Waals surface area contributed by atoms with Crippen molar-refractivity contribution in [2.45, 2.75) is 32.1 Å². The normalized spacial score (nSPS) is 14.4. The zero-order valence-electron chi connectivity index (χ0n) is 11.3. The molecule has 1 heterocycles. The third-order valence-electron chi connectivity index (χ3n) is 3.49. The van der Waals surface area contributed by atoms with Gasteiger partial charge in [0.25, 0.3) is 0 Å². The van der Waals surface area contributed by atoms with Crippen LogP contribution in [0.2, 0.25) is 10.0 Å². The predicted octanol–water partition coefficient (Wildman–Crippen LogP) is 4.35. The van der Waals surface area contributed by atoms with Crippen molar-refractivity contribution in [2.75, 3.05) is 0 Å². The van der Waals surface area contributed by atoms with Crippen molar-refractivity contribution >= 4 is 29.0 Å². The van der Waals surface area contributed by atoms with Crippen LogP contribution in [0.4, 0.5) is 0 Å². The van der Waals surface area contributed by atoms with Gasteiger partial charge in [-0.1, -0.05) is 28.4 Å². The van der Waals surface area contributed by atoms with E-state index in [9.17, 15) is 4.79 Å². The Balaban J connectivity index is 1.61. The number of hydrogen-bond donors (Lipinski definition) is 0. The Bertz CT molecular complexity index is 665. The Morgan fingerprint density at radius 2 is 2.14 bits per heavy atom. The largest absolute Gasteiger partial charge is 0.339 e. The molecule has 1 fully saturated rings. The van der Waals surface area contributed by atoms with E-state index in [0.29, 0.717) is 51.9 Å². The number of Topliss-reactive ketones (excluding diaryl/α,β-unsaturated/α-hetero) is 1. The maximum absolute atomic E-state index is 11.6. The van der Waals surface area contributed by atoms with Gasteiger partial charge in [0, 0.05) is 29.3 Å². The molecule has 6 heteroatoms. The van der Waals surface area contributed by atoms with Crippen LogP contribution in [-0.4, -0.2) is 15.9 Å². The molecule has 21 heavy (non-hydrogen) atoms. The van der Waals surface area contributed by atoms with Gasteiger partial charge in [0.05, 0.1) is 5.02 Å². The molecular weight excluding hydrogens is 311 g/mol. The van der Waals surface area contributed by atoms with Gasteiger partial charge in [-0.25, -0.2) is 0 Å². The van der Waals surface area contributed by atoms with Crippen molar-refractivity contribution in [2.24, 2.45) is 5.92 Å². The number of aromatic nitrogens is 2. The van der Waals surface area contributed by atoms with E-state index in [-0.39, 0.29) is 0 Å². The van der Waals surface area contributed by atoms with Gasteiger partial charge in [-0.3, -0.25) is 4.79 Å². The zero-order chi connectivity index (χ0) is 14.8. The van der Waals surface area contributed by atoms with Crippen molar-refractivity contribution in [3.63, 3.8) is 0 Å². The predicted molar refractivity (Wildman–Crippen MR) is 80.4 cm³/mol. The first-order valence-corrected chi connectivity index (χ1v) is 7.70. The number of hydrogen-bond acceptors (Lipinski definition) is 4. The lowest BCUT2D eigenvalue weighted by Crippen LogP contribution is -2.00. The quantitative estimate of drug-likeness (QED) is 0.792. The van der Waals surface area contributed by atoms with E-state index in [4.69, 9.17) is 27.7 Å². The van der Waals surface area contributed by atoms with Crippen LogP contribution < -0.4 is 0 Å². The molecule has 0 saturated heterocycles. The molecule has 2 aromatic rings. The topological polar surface area (TPSA) is 56.0 Å². The summed E-state index contributed by atoms with van der Waals surface area (Å²) in [5.41, 5.74) is 0.685. The summed E-state index contributed by atoms with van der Waals surface area (Å²) in [4.78, 5) is 15.9. The van der Waals surface area contributed by atoms with Gasteiger partial charge in [0.2, 0.25) is 11.7 Å². The van der Waals surface area contributed by atoms with Gasteiger partial charge in [0.1, 0.15) is 5.78 Å². The van der Waals surface area contributed by atoms with Gasteiger partial charge in [-0.15, -0.1) is 0 Å². The fourth-order valence-corrected chi connectivity index (χ4v) is 2.65. The van der Waals surface area contributed by atoms with Crippen LogP contribution >= 0.6 is 23.2 Å². The summed E-state index contributed by atoms with van der Waals surface area (Å²) in [5, 5.41) is 4.97. The van der Waals surface area contributed by atoms with E-state index in [1.165, 1.54) is 0 Å². The minimum Gasteiger partial charge on any atom is -0.339 e. The van der Waals surface area contributed by atoms with Gasteiger partial charge >= 0.3 is 0 Å². The summed E-state index contributed by atoms with van der Waals surface area (Å²) < 4.78 is 5.20. The lowest BCUT2D eigenvalue weighted by molar-refractivity contribution is -0.120. The maximum atomic E-state index is 11.6. The van der Waals surface area contributed by atoms with Crippen LogP contribution in [0, 0.1) is 5.92 Å². The summed E-state index contributed by atoms with van der Waals surface area (Å²) in [7, 11) is 0. The van der Waals surface area contributed by atoms with Crippen molar-refractivity contribution in [3.05, 3.63) is 34.1 Å². The molecule has 0 N–H and O–H groups in total. The molecule has 1 saturated carbocycles. The van der Waals surface area contributed by atoms with E-state index in [1.54, 1.807) is 18.2 Å². The van der Waals surface area contributed by atoms with Crippen molar-refractivity contribution < 1.29 is 9.32 Å². The molecule has 0 bridgehead atoms. The molecule has 1 aromatic carbocycles. The second-order valence-corrected chi connectivity index (χ2v) is 6.07. The standard InChI is InChI=1S/C15H14Cl2N2O2/c16-10-6-7-11(12(17)8-10)15-18-14(21-19-15)3-1-2-13(20)9-4-5-9/h6-9H,1-5H2. The van der Waals surface area contributed by atoms with Crippen LogP contribution in [0.5, 0.6) is 0 Å². The Labute approximate surface area is 132 Å². The lowest BCUT2D eigenvalue weighted by Gasteiger charge is -1.98. The molecular formula is C15H14Cl2N2O2. The number of carbonyl (C=O) groups excluding carboxylic acids is 1. The molecule has 3 rings (SSSR count). The Morgan fingerprint density at radius 1 is 1.33 bits per heavy atom. The average Bonchev–Trinajstić information content (AvgIpc) is 3.20. The number of aryl methyl sites for hydroxylation is 1. The zero-order valence-corrected chi connectivity index (χ0v) is 12.8. The highest BCUT2D eigenvalue weighted by molar-refractivity contribution is 6.36. The van der Waals surface area contributed by atoms with E-state index in [1.807, 2.05) is 0 Å². The summed E-state index contributed by atoms with van der Waals surface area (Å²) in [5.74, 6) is 1.64. The third-order valence-corrected chi connectivity index (χ3v) is 4.03. The Morgan fingerprint density at radius 3 is 2.86 bits per heavy atom. The molecule has 0 unspecified atom stereocenters. The van der Waals surface area contributed by atoms with Crippen LogP contribution in [0.25, 0.3) is 11.4 Å². The highest BCUT2D eigenvalue weighted by atomic mass is 35.5. The SMILES string of the molecule is O=C(CCCc1nc(-c2ccc(Cl)cc2Cl)no1)C1CC1. The number of carbonyl (C=O) groups is 1. The first-order chi connectivity index (χ1) is 10.1. The Kier molecular flexibility index (Phi) is 4.27. The molecule has 4 nitrogen and oxygen atoms in total. The minimum absolute atomic E-state index is 0.316. The second-order valence-electron chi connectivity index (χ2n) is 5.23.